The molecule has 0 radical (unpaired) electrons. The highest BCUT2D eigenvalue weighted by atomic mass is 15.1. The first kappa shape index (κ1) is 12.1. The summed E-state index contributed by atoms with van der Waals surface area (Å²) in [6.07, 6.45) is 13.7. The van der Waals surface area contributed by atoms with Crippen LogP contribution in [0, 0.1) is 5.92 Å². The Labute approximate surface area is 104 Å². The molecule has 0 N–H and O–H groups in total. The number of allylic oxidation sites excluding steroid dienone is 3. The largest absolute Gasteiger partial charge is 0.299 e. The van der Waals surface area contributed by atoms with Gasteiger partial charge in [0.2, 0.25) is 0 Å². The second-order valence-corrected chi connectivity index (χ2v) is 4.51. The molecular weight excluding hydrogens is 208 g/mol. The van der Waals surface area contributed by atoms with E-state index in [0.717, 1.165) is 13.0 Å². The van der Waals surface area contributed by atoms with Gasteiger partial charge in [0, 0.05) is 24.4 Å². The number of hydrogen-bond donors (Lipinski definition) is 0. The van der Waals surface area contributed by atoms with Gasteiger partial charge in [-0.2, -0.15) is 0 Å². The second kappa shape index (κ2) is 5.78. The van der Waals surface area contributed by atoms with Crippen molar-refractivity contribution in [3.63, 3.8) is 0 Å². The highest BCUT2D eigenvalue weighted by Gasteiger charge is 2.24. The molecule has 2 atom stereocenters. The SMILES string of the molecule is CCN(C)C(c1ccncc1)C1C=CC=CC1. The van der Waals surface area contributed by atoms with E-state index in [1.807, 2.05) is 12.4 Å². The van der Waals surface area contributed by atoms with Gasteiger partial charge in [0.25, 0.3) is 0 Å². The third kappa shape index (κ3) is 2.83. The van der Waals surface area contributed by atoms with Crippen LogP contribution in [0.4, 0.5) is 0 Å². The topological polar surface area (TPSA) is 16.1 Å². The lowest BCUT2D eigenvalue weighted by molar-refractivity contribution is 0.208. The van der Waals surface area contributed by atoms with Gasteiger partial charge in [-0.1, -0.05) is 31.2 Å². The average molecular weight is 228 g/mol. The van der Waals surface area contributed by atoms with Crippen molar-refractivity contribution in [1.29, 1.82) is 0 Å². The highest BCUT2D eigenvalue weighted by Crippen LogP contribution is 2.32. The quantitative estimate of drug-likeness (QED) is 0.786. The van der Waals surface area contributed by atoms with Crippen molar-refractivity contribution in [3.05, 3.63) is 54.4 Å². The minimum Gasteiger partial charge on any atom is -0.299 e. The van der Waals surface area contributed by atoms with E-state index in [4.69, 9.17) is 0 Å². The van der Waals surface area contributed by atoms with Crippen molar-refractivity contribution < 1.29 is 0 Å². The van der Waals surface area contributed by atoms with Gasteiger partial charge in [0.05, 0.1) is 0 Å². The number of pyridine rings is 1. The van der Waals surface area contributed by atoms with Crippen LogP contribution < -0.4 is 0 Å². The molecule has 17 heavy (non-hydrogen) atoms. The smallest absolute Gasteiger partial charge is 0.0411 e. The second-order valence-electron chi connectivity index (χ2n) is 4.51. The molecule has 0 aromatic carbocycles. The van der Waals surface area contributed by atoms with Crippen molar-refractivity contribution in [2.75, 3.05) is 13.6 Å². The molecule has 1 aliphatic rings. The Morgan fingerprint density at radius 1 is 1.35 bits per heavy atom. The van der Waals surface area contributed by atoms with Crippen LogP contribution in [0.3, 0.4) is 0 Å². The summed E-state index contributed by atoms with van der Waals surface area (Å²) in [6.45, 7) is 3.26. The van der Waals surface area contributed by atoms with Gasteiger partial charge in [-0.05, 0) is 37.7 Å². The minimum absolute atomic E-state index is 0.448. The standard InChI is InChI=1S/C15H20N2/c1-3-17(2)15(13-7-5-4-6-8-13)14-9-11-16-12-10-14/h4-7,9-13,15H,3,8H2,1-2H3. The Morgan fingerprint density at radius 3 is 2.71 bits per heavy atom. The molecule has 2 nitrogen and oxygen atoms in total. The fourth-order valence-corrected chi connectivity index (χ4v) is 2.42. The maximum Gasteiger partial charge on any atom is 0.0411 e. The van der Waals surface area contributed by atoms with E-state index in [1.165, 1.54) is 5.56 Å². The van der Waals surface area contributed by atoms with Gasteiger partial charge in [0.15, 0.2) is 0 Å². The van der Waals surface area contributed by atoms with E-state index in [2.05, 4.69) is 60.3 Å². The fourth-order valence-electron chi connectivity index (χ4n) is 2.42. The van der Waals surface area contributed by atoms with Gasteiger partial charge in [-0.15, -0.1) is 0 Å². The summed E-state index contributed by atoms with van der Waals surface area (Å²) in [5, 5.41) is 0. The first-order valence-electron chi connectivity index (χ1n) is 6.26. The van der Waals surface area contributed by atoms with Crippen LogP contribution in [-0.2, 0) is 0 Å². The molecular formula is C15H20N2. The molecule has 90 valence electrons. The summed E-state index contributed by atoms with van der Waals surface area (Å²) < 4.78 is 0. The number of aromatic nitrogens is 1. The van der Waals surface area contributed by atoms with Gasteiger partial charge < -0.3 is 0 Å². The van der Waals surface area contributed by atoms with Crippen molar-refractivity contribution in [3.8, 4) is 0 Å². The Balaban J connectivity index is 2.25. The zero-order chi connectivity index (χ0) is 12.1. The monoisotopic (exact) mass is 228 g/mol. The van der Waals surface area contributed by atoms with E-state index in [1.54, 1.807) is 0 Å². The van der Waals surface area contributed by atoms with E-state index in [0.29, 0.717) is 12.0 Å². The normalized spacial score (nSPS) is 20.8. The van der Waals surface area contributed by atoms with E-state index in [9.17, 15) is 0 Å². The van der Waals surface area contributed by atoms with Gasteiger partial charge in [0.1, 0.15) is 0 Å². The first-order chi connectivity index (χ1) is 8.33. The van der Waals surface area contributed by atoms with Crippen LogP contribution in [0.25, 0.3) is 0 Å². The molecule has 0 aliphatic heterocycles. The maximum atomic E-state index is 4.11. The fraction of sp³-hybridized carbons (Fsp3) is 0.400. The summed E-state index contributed by atoms with van der Waals surface area (Å²) in [6, 6.07) is 4.70. The van der Waals surface area contributed by atoms with Crippen LogP contribution in [-0.4, -0.2) is 23.5 Å². The van der Waals surface area contributed by atoms with Crippen LogP contribution in [0.1, 0.15) is 24.9 Å². The summed E-state index contributed by atoms with van der Waals surface area (Å²) in [5.41, 5.74) is 1.36. The highest BCUT2D eigenvalue weighted by molar-refractivity contribution is 5.22. The van der Waals surface area contributed by atoms with Crippen molar-refractivity contribution in [2.24, 2.45) is 5.92 Å². The molecule has 2 heteroatoms. The molecule has 0 saturated carbocycles. The van der Waals surface area contributed by atoms with E-state index in [-0.39, 0.29) is 0 Å². The van der Waals surface area contributed by atoms with Crippen molar-refractivity contribution in [1.82, 2.24) is 9.88 Å². The summed E-state index contributed by atoms with van der Waals surface area (Å²) in [5.74, 6) is 0.562. The maximum absolute atomic E-state index is 4.11. The van der Waals surface area contributed by atoms with Crippen molar-refractivity contribution >= 4 is 0 Å². The molecule has 1 heterocycles. The molecule has 2 rings (SSSR count). The Hall–Kier alpha value is -1.41. The minimum atomic E-state index is 0.448. The molecule has 0 saturated heterocycles. The van der Waals surface area contributed by atoms with E-state index < -0.39 is 0 Å². The first-order valence-corrected chi connectivity index (χ1v) is 6.26. The lowest BCUT2D eigenvalue weighted by Gasteiger charge is -2.33. The van der Waals surface area contributed by atoms with Crippen LogP contribution in [0.15, 0.2) is 48.8 Å². The molecule has 1 aromatic heterocycles. The zero-order valence-electron chi connectivity index (χ0n) is 10.6. The van der Waals surface area contributed by atoms with Crippen LogP contribution in [0.5, 0.6) is 0 Å². The van der Waals surface area contributed by atoms with Gasteiger partial charge >= 0.3 is 0 Å². The van der Waals surface area contributed by atoms with Crippen molar-refractivity contribution in [2.45, 2.75) is 19.4 Å². The molecule has 0 spiro atoms. The average Bonchev–Trinajstić information content (AvgIpc) is 2.41. The summed E-state index contributed by atoms with van der Waals surface area (Å²) in [4.78, 5) is 6.51. The predicted molar refractivity (Wildman–Crippen MR) is 71.7 cm³/mol. The zero-order valence-corrected chi connectivity index (χ0v) is 10.6. The lowest BCUT2D eigenvalue weighted by Crippen LogP contribution is -2.30. The summed E-state index contributed by atoms with van der Waals surface area (Å²) >= 11 is 0. The molecule has 0 bridgehead atoms. The molecule has 0 fully saturated rings. The Bertz CT molecular complexity index is 395. The third-order valence-corrected chi connectivity index (χ3v) is 3.44. The van der Waals surface area contributed by atoms with Gasteiger partial charge in [-0.3, -0.25) is 9.88 Å². The molecule has 1 aromatic rings. The Kier molecular flexibility index (Phi) is 4.10. The number of hydrogen-bond acceptors (Lipinski definition) is 2. The van der Waals surface area contributed by atoms with Crippen LogP contribution in [0.2, 0.25) is 0 Å². The molecule has 2 unspecified atom stereocenters. The lowest BCUT2D eigenvalue weighted by atomic mass is 9.87. The predicted octanol–water partition coefficient (Wildman–Crippen LogP) is 3.21. The molecule has 1 aliphatic carbocycles. The summed E-state index contributed by atoms with van der Waals surface area (Å²) in [7, 11) is 2.19. The molecule has 0 amide bonds. The van der Waals surface area contributed by atoms with E-state index >= 15 is 0 Å². The van der Waals surface area contributed by atoms with Gasteiger partial charge in [-0.25, -0.2) is 0 Å². The third-order valence-electron chi connectivity index (χ3n) is 3.44. The Morgan fingerprint density at radius 2 is 2.12 bits per heavy atom. The number of rotatable bonds is 4. The van der Waals surface area contributed by atoms with Crippen LogP contribution >= 0.6 is 0 Å². The number of nitrogens with zero attached hydrogens (tertiary/aromatic N) is 2.